The SMILES string of the molecule is C[C@H](NC(=O)c1cc(C(F)(F)F)cc(N)c1N)C(=O)O. The van der Waals surface area contributed by atoms with E-state index >= 15 is 0 Å². The summed E-state index contributed by atoms with van der Waals surface area (Å²) in [6.45, 7) is 1.16. The van der Waals surface area contributed by atoms with Gasteiger partial charge in [0.1, 0.15) is 6.04 Å². The van der Waals surface area contributed by atoms with Crippen molar-refractivity contribution in [1.82, 2.24) is 5.32 Å². The molecule has 1 aromatic rings. The molecule has 6 N–H and O–H groups in total. The number of hydrogen-bond acceptors (Lipinski definition) is 4. The van der Waals surface area contributed by atoms with E-state index in [9.17, 15) is 22.8 Å². The number of carbonyl (C=O) groups is 2. The molecule has 0 aromatic heterocycles. The van der Waals surface area contributed by atoms with Crippen molar-refractivity contribution in [3.05, 3.63) is 23.3 Å². The van der Waals surface area contributed by atoms with Gasteiger partial charge in [0.2, 0.25) is 0 Å². The van der Waals surface area contributed by atoms with E-state index in [1.807, 2.05) is 5.32 Å². The molecule has 0 aliphatic heterocycles. The summed E-state index contributed by atoms with van der Waals surface area (Å²) in [6.07, 6.45) is -4.70. The van der Waals surface area contributed by atoms with Crippen LogP contribution in [0, 0.1) is 0 Å². The first-order valence-electron chi connectivity index (χ1n) is 5.34. The molecule has 1 aromatic carbocycles. The first kappa shape index (κ1) is 15.6. The quantitative estimate of drug-likeness (QED) is 0.621. The van der Waals surface area contributed by atoms with E-state index in [4.69, 9.17) is 16.6 Å². The van der Waals surface area contributed by atoms with E-state index in [2.05, 4.69) is 0 Å². The molecule has 0 bridgehead atoms. The summed E-state index contributed by atoms with van der Waals surface area (Å²) in [5, 5.41) is 10.6. The van der Waals surface area contributed by atoms with Crippen molar-refractivity contribution in [2.75, 3.05) is 11.5 Å². The van der Waals surface area contributed by atoms with Crippen molar-refractivity contribution >= 4 is 23.3 Å². The van der Waals surface area contributed by atoms with Gasteiger partial charge < -0.3 is 21.9 Å². The van der Waals surface area contributed by atoms with Crippen LogP contribution in [0.2, 0.25) is 0 Å². The molecule has 9 heteroatoms. The number of carboxylic acids is 1. The van der Waals surface area contributed by atoms with Crippen LogP contribution in [0.4, 0.5) is 24.5 Å². The summed E-state index contributed by atoms with van der Waals surface area (Å²) in [6, 6.07) is -0.153. The Labute approximate surface area is 111 Å². The van der Waals surface area contributed by atoms with Gasteiger partial charge in [-0.3, -0.25) is 9.59 Å². The molecule has 20 heavy (non-hydrogen) atoms. The number of nitrogens with one attached hydrogen (secondary N) is 1. The highest BCUT2D eigenvalue weighted by Crippen LogP contribution is 2.34. The highest BCUT2D eigenvalue weighted by Gasteiger charge is 2.33. The maximum absolute atomic E-state index is 12.6. The van der Waals surface area contributed by atoms with Crippen LogP contribution in [-0.2, 0) is 11.0 Å². The number of carbonyl (C=O) groups excluding carboxylic acids is 1. The Hall–Kier alpha value is -2.45. The smallest absolute Gasteiger partial charge is 0.416 e. The Bertz CT molecular complexity index is 558. The zero-order valence-corrected chi connectivity index (χ0v) is 10.3. The maximum Gasteiger partial charge on any atom is 0.416 e. The van der Waals surface area contributed by atoms with Crippen molar-refractivity contribution in [3.63, 3.8) is 0 Å². The fraction of sp³-hybridized carbons (Fsp3) is 0.273. The summed E-state index contributed by atoms with van der Waals surface area (Å²) < 4.78 is 37.8. The van der Waals surface area contributed by atoms with Gasteiger partial charge in [-0.25, -0.2) is 0 Å². The lowest BCUT2D eigenvalue weighted by molar-refractivity contribution is -0.139. The standard InChI is InChI=1S/C11H12F3N3O3/c1-4(10(19)20)17-9(18)6-2-5(11(12,13)14)3-7(15)8(6)16/h2-4H,15-16H2,1H3,(H,17,18)(H,19,20)/t4-/m0/s1. The lowest BCUT2D eigenvalue weighted by Gasteiger charge is -2.15. The molecule has 1 atom stereocenters. The topological polar surface area (TPSA) is 118 Å². The van der Waals surface area contributed by atoms with E-state index in [0.29, 0.717) is 12.1 Å². The minimum atomic E-state index is -4.70. The third-order valence-corrected chi connectivity index (χ3v) is 2.50. The van der Waals surface area contributed by atoms with Gasteiger partial charge in [-0.15, -0.1) is 0 Å². The maximum atomic E-state index is 12.6. The number of hydrogen-bond donors (Lipinski definition) is 4. The summed E-state index contributed by atoms with van der Waals surface area (Å²) in [5.74, 6) is -2.38. The van der Waals surface area contributed by atoms with Crippen molar-refractivity contribution in [2.45, 2.75) is 19.1 Å². The van der Waals surface area contributed by atoms with Gasteiger partial charge in [-0.1, -0.05) is 0 Å². The van der Waals surface area contributed by atoms with Gasteiger partial charge in [-0.05, 0) is 19.1 Å². The Morgan fingerprint density at radius 3 is 2.30 bits per heavy atom. The number of nitrogen functional groups attached to an aromatic ring is 2. The van der Waals surface area contributed by atoms with Crippen molar-refractivity contribution < 1.29 is 27.9 Å². The number of alkyl halides is 3. The van der Waals surface area contributed by atoms with Gasteiger partial charge in [0.25, 0.3) is 5.91 Å². The number of nitrogens with two attached hydrogens (primary N) is 2. The zero-order valence-electron chi connectivity index (χ0n) is 10.3. The summed E-state index contributed by atoms with van der Waals surface area (Å²) in [7, 11) is 0. The van der Waals surface area contributed by atoms with Crippen molar-refractivity contribution in [3.8, 4) is 0 Å². The average molecular weight is 291 g/mol. The van der Waals surface area contributed by atoms with E-state index < -0.39 is 40.9 Å². The van der Waals surface area contributed by atoms with Gasteiger partial charge in [0, 0.05) is 0 Å². The van der Waals surface area contributed by atoms with Gasteiger partial charge in [0.05, 0.1) is 22.5 Å². The number of carboxylic acid groups (broad SMARTS) is 1. The molecule has 6 nitrogen and oxygen atoms in total. The number of aliphatic carboxylic acids is 1. The van der Waals surface area contributed by atoms with E-state index in [1.165, 1.54) is 0 Å². The summed E-state index contributed by atoms with van der Waals surface area (Å²) >= 11 is 0. The largest absolute Gasteiger partial charge is 0.480 e. The summed E-state index contributed by atoms with van der Waals surface area (Å²) in [4.78, 5) is 22.3. The van der Waals surface area contributed by atoms with Gasteiger partial charge >= 0.3 is 12.1 Å². The van der Waals surface area contributed by atoms with Crippen molar-refractivity contribution in [2.24, 2.45) is 0 Å². The molecule has 0 spiro atoms. The molecule has 0 radical (unpaired) electrons. The highest BCUT2D eigenvalue weighted by atomic mass is 19.4. The first-order chi connectivity index (χ1) is 9.04. The van der Waals surface area contributed by atoms with Crippen LogP contribution >= 0.6 is 0 Å². The van der Waals surface area contributed by atoms with Gasteiger partial charge in [0.15, 0.2) is 0 Å². The molecule has 1 amide bonds. The van der Waals surface area contributed by atoms with E-state index in [1.54, 1.807) is 0 Å². The third-order valence-electron chi connectivity index (χ3n) is 2.50. The van der Waals surface area contributed by atoms with Crippen LogP contribution in [0.5, 0.6) is 0 Å². The number of benzene rings is 1. The Kier molecular flexibility index (Phi) is 4.11. The molecule has 110 valence electrons. The first-order valence-corrected chi connectivity index (χ1v) is 5.34. The predicted octanol–water partition coefficient (Wildman–Crippen LogP) is 1.07. The van der Waals surface area contributed by atoms with Crippen LogP contribution in [0.3, 0.4) is 0 Å². The highest BCUT2D eigenvalue weighted by molar-refractivity contribution is 6.03. The molecule has 0 saturated carbocycles. The van der Waals surface area contributed by atoms with Crippen LogP contribution in [0.25, 0.3) is 0 Å². The van der Waals surface area contributed by atoms with Crippen molar-refractivity contribution in [1.29, 1.82) is 0 Å². The molecular formula is C11H12F3N3O3. The number of amides is 1. The minimum absolute atomic E-state index is 0.340. The Morgan fingerprint density at radius 1 is 1.30 bits per heavy atom. The molecule has 1 rings (SSSR count). The molecule has 0 fully saturated rings. The lowest BCUT2D eigenvalue weighted by atomic mass is 10.1. The second kappa shape index (κ2) is 5.27. The van der Waals surface area contributed by atoms with E-state index in [-0.39, 0.29) is 5.69 Å². The number of anilines is 2. The second-order valence-electron chi connectivity index (χ2n) is 4.06. The zero-order chi connectivity index (χ0) is 15.7. The molecule has 0 aliphatic rings. The molecule has 0 unspecified atom stereocenters. The fourth-order valence-electron chi connectivity index (χ4n) is 1.36. The Morgan fingerprint density at radius 2 is 1.85 bits per heavy atom. The monoisotopic (exact) mass is 291 g/mol. The molecule has 0 saturated heterocycles. The number of halogens is 3. The van der Waals surface area contributed by atoms with Crippen LogP contribution in [-0.4, -0.2) is 23.0 Å². The fourth-order valence-corrected chi connectivity index (χ4v) is 1.36. The van der Waals surface area contributed by atoms with E-state index in [0.717, 1.165) is 6.92 Å². The lowest BCUT2D eigenvalue weighted by Crippen LogP contribution is -2.38. The Balaban J connectivity index is 3.20. The van der Waals surface area contributed by atoms with Crippen LogP contribution in [0.1, 0.15) is 22.8 Å². The summed E-state index contributed by atoms with van der Waals surface area (Å²) in [5.41, 5.74) is 8.36. The predicted molar refractivity (Wildman–Crippen MR) is 64.8 cm³/mol. The van der Waals surface area contributed by atoms with Crippen LogP contribution < -0.4 is 16.8 Å². The van der Waals surface area contributed by atoms with Crippen LogP contribution in [0.15, 0.2) is 12.1 Å². The number of rotatable bonds is 3. The third kappa shape index (κ3) is 3.31. The normalized spacial score (nSPS) is 12.8. The average Bonchev–Trinajstić information content (AvgIpc) is 2.30. The second-order valence-corrected chi connectivity index (χ2v) is 4.06. The minimum Gasteiger partial charge on any atom is -0.480 e. The molecule has 0 heterocycles. The molecular weight excluding hydrogens is 279 g/mol. The molecule has 0 aliphatic carbocycles. The van der Waals surface area contributed by atoms with Gasteiger partial charge in [-0.2, -0.15) is 13.2 Å².